The van der Waals surface area contributed by atoms with E-state index in [9.17, 15) is 70.5 Å². The highest BCUT2D eigenvalue weighted by Gasteiger charge is 2.34. The Labute approximate surface area is 546 Å². The number of aromatic nitrogens is 2. The lowest BCUT2D eigenvalue weighted by molar-refractivity contribution is -0.137. The monoisotopic (exact) mass is 1360 g/mol. The number of amides is 3. The molecule has 9 aromatic rings. The van der Waals surface area contributed by atoms with Gasteiger partial charge >= 0.3 is 23.2 Å². The number of sulfonamides is 1. The lowest BCUT2D eigenvalue weighted by Crippen LogP contribution is -2.26. The minimum absolute atomic E-state index is 0.0112. The Morgan fingerprint density at radius 2 is 1.18 bits per heavy atom. The number of thiazole rings is 1. The number of aromatic amines is 2. The van der Waals surface area contributed by atoms with Gasteiger partial charge in [0.15, 0.2) is 6.61 Å². The van der Waals surface area contributed by atoms with Crippen molar-refractivity contribution < 1.29 is 79.8 Å². The summed E-state index contributed by atoms with van der Waals surface area (Å²) in [5.41, 5.74) is 12.8. The number of pyridine rings is 1. The maximum atomic E-state index is 12.3. The van der Waals surface area contributed by atoms with Crippen molar-refractivity contribution in [2.24, 2.45) is 0 Å². The highest BCUT2D eigenvalue weighted by molar-refractivity contribution is 7.92. The first-order valence-corrected chi connectivity index (χ1v) is 30.5. The summed E-state index contributed by atoms with van der Waals surface area (Å²) in [6.45, 7) is 12.8. The molecule has 23 nitrogen and oxygen atoms in total. The van der Waals surface area contributed by atoms with Crippen molar-refractivity contribution in [3.63, 3.8) is 0 Å². The number of nitrogens with zero attached hydrogens (tertiary/aromatic N) is 2. The number of phenolic OH excluding ortho intramolecular Hbond substituents is 3. The molecule has 498 valence electrons. The molecule has 9 N–H and O–H groups in total. The van der Waals surface area contributed by atoms with Crippen molar-refractivity contribution >= 4 is 102 Å². The number of benzene rings is 7. The number of hydrogen-bond donors (Lipinski definition) is 8. The summed E-state index contributed by atoms with van der Waals surface area (Å²) in [4.78, 5) is 84.1. The zero-order valence-electron chi connectivity index (χ0n) is 52.5. The van der Waals surface area contributed by atoms with Crippen LogP contribution in [0.2, 0.25) is 5.02 Å². The minimum Gasteiger partial charge on any atom is -0.506 e. The first-order valence-electron chi connectivity index (χ1n) is 27.7. The molecule has 0 radical (unpaired) electrons. The third kappa shape index (κ3) is 21.2. The molecule has 94 heavy (non-hydrogen) atoms. The Morgan fingerprint density at radius 3 is 1.74 bits per heavy atom. The molecule has 0 bridgehead atoms. The molecule has 0 fully saturated rings. The molecule has 0 atom stereocenters. The van der Waals surface area contributed by atoms with E-state index in [0.717, 1.165) is 73.4 Å². The van der Waals surface area contributed by atoms with E-state index >= 15 is 0 Å². The van der Waals surface area contributed by atoms with Gasteiger partial charge in [0.05, 0.1) is 32.2 Å². The second-order valence-corrected chi connectivity index (χ2v) is 24.2. The van der Waals surface area contributed by atoms with Gasteiger partial charge in [0.1, 0.15) is 64.0 Å². The van der Waals surface area contributed by atoms with E-state index in [1.54, 1.807) is 101 Å². The third-order valence-corrected chi connectivity index (χ3v) is 15.1. The summed E-state index contributed by atoms with van der Waals surface area (Å²) >= 11 is 6.62. The van der Waals surface area contributed by atoms with Crippen LogP contribution < -0.4 is 45.2 Å². The average molecular weight is 1360 g/mol. The predicted octanol–water partition coefficient (Wildman–Crippen LogP) is 12.2. The van der Waals surface area contributed by atoms with E-state index in [1.807, 2.05) is 53.7 Å². The van der Waals surface area contributed by atoms with Gasteiger partial charge in [0, 0.05) is 56.8 Å². The molecule has 2 aromatic heterocycles. The van der Waals surface area contributed by atoms with Gasteiger partial charge in [-0.25, -0.2) is 18.0 Å². The number of hydrogen-bond acceptors (Lipinski definition) is 18. The summed E-state index contributed by atoms with van der Waals surface area (Å²) in [6.07, 6.45) is -3.95. The first-order chi connectivity index (χ1) is 44.0. The standard InChI is InChI=1S/C13H18N2O4.C10H9NO2.C9H9NO3.C9H8O2.C8H7ClF3N.C8H9NO3S.C8H7NO2S/c1-9-6-10(18-12(16)14(2)3)8-11(7-9)19-13(17)15(4)5;1-6-2-4-8(12)10-7(6)3-5-9(13)11-10;1-5-2-3-6(11)8-9(5)13-4-7(12)10-8;1-7-2-8(5-10)4-9(3-7)6-11;1-4-2-5(8(10,11)12)7(13)6(9)3-4;1-6-3-2-4-7-8(6)12-5-13(10,11)9-7;1-4-2-3-5(10)6-7(4)12-8(11)9-6/h6-8H,1-5H3;2-5,12H,1H3,(H,11,13);2-3,11H,4H2,1H3,(H,10,12);2-6H,1H3;2-3H,13H2,1H3;2-4,9H,5H2,1H3;2-3,10H,1H3,(H,9,11). The molecule has 2 aliphatic rings. The number of ether oxygens (including phenoxy) is 4. The zero-order valence-corrected chi connectivity index (χ0v) is 54.9. The lowest BCUT2D eigenvalue weighted by atomic mass is 10.1. The van der Waals surface area contributed by atoms with Gasteiger partial charge in [-0.05, 0) is 160 Å². The second-order valence-electron chi connectivity index (χ2n) is 21.1. The molecular formula is C65H67ClF3N7O16S2. The largest absolute Gasteiger partial charge is 0.506 e. The molecular weight excluding hydrogens is 1290 g/mol. The molecule has 29 heteroatoms. The van der Waals surface area contributed by atoms with Gasteiger partial charge in [-0.3, -0.25) is 28.7 Å². The number of halogens is 4. The number of phenols is 3. The number of carbonyl (C=O) groups is 5. The van der Waals surface area contributed by atoms with Crippen molar-refractivity contribution in [2.45, 2.75) is 54.6 Å². The Morgan fingerprint density at radius 1 is 0.649 bits per heavy atom. The Bertz CT molecular complexity index is 4410. The first kappa shape index (κ1) is 74.2. The van der Waals surface area contributed by atoms with Crippen molar-refractivity contribution in [3.8, 4) is 40.2 Å². The number of nitrogens with one attached hydrogen (secondary N) is 4. The smallest absolute Gasteiger partial charge is 0.418 e. The van der Waals surface area contributed by atoms with E-state index in [-0.39, 0.29) is 51.2 Å². The number of aromatic hydroxyl groups is 3. The Balaban J connectivity index is 0.000000200. The average Bonchev–Trinajstić information content (AvgIpc) is 1.01. The molecule has 0 saturated carbocycles. The van der Waals surface area contributed by atoms with Gasteiger partial charge in [-0.15, -0.1) is 0 Å². The number of aryl methyl sites for hydroxylation is 7. The van der Waals surface area contributed by atoms with Crippen molar-refractivity contribution in [2.75, 3.05) is 56.5 Å². The van der Waals surface area contributed by atoms with Gasteiger partial charge in [-0.1, -0.05) is 53.3 Å². The third-order valence-electron chi connectivity index (χ3n) is 12.8. The number of rotatable bonds is 4. The molecule has 0 spiro atoms. The fraction of sp³-hybridized carbons (Fsp3) is 0.215. The zero-order chi connectivity index (χ0) is 70.1. The van der Waals surface area contributed by atoms with Crippen molar-refractivity contribution in [3.05, 3.63) is 196 Å². The number of fused-ring (bicyclic) bond motifs is 4. The Hall–Kier alpha value is -10.6. The molecule has 2 aliphatic heterocycles. The van der Waals surface area contributed by atoms with Crippen LogP contribution >= 0.6 is 22.9 Å². The number of nitrogen functional groups attached to an aromatic ring is 1. The number of anilines is 3. The highest BCUT2D eigenvalue weighted by atomic mass is 35.5. The van der Waals surface area contributed by atoms with Crippen LogP contribution in [-0.4, -0.2) is 115 Å². The molecule has 7 aromatic carbocycles. The quantitative estimate of drug-likeness (QED) is 0.0461. The molecule has 0 unspecified atom stereocenters. The van der Waals surface area contributed by atoms with Crippen molar-refractivity contribution in [1.82, 2.24) is 19.8 Å². The molecule has 0 saturated heterocycles. The van der Waals surface area contributed by atoms with Gasteiger partial charge in [-0.2, -0.15) is 13.2 Å². The topological polar surface area (TPSA) is 339 Å². The summed E-state index contributed by atoms with van der Waals surface area (Å²) in [5, 5.41) is 31.6. The SMILES string of the molecule is Cc1cc(C=O)cc(C=O)c1.Cc1cc(Cl)c(N)c(C(F)(F)F)c1.Cc1cc(OC(=O)N(C)C)cc(OC(=O)N(C)C)c1.Cc1ccc(O)c2[nH]c(=O)ccc12.Cc1ccc(O)c2[nH]c(=O)sc12.Cc1ccc(O)c2c1OCC(=O)N2.Cc1cccc2c1OCS(=O)(=O)N2. The highest BCUT2D eigenvalue weighted by Crippen LogP contribution is 2.40. The normalized spacial score (nSPS) is 12.0. The summed E-state index contributed by atoms with van der Waals surface area (Å²) in [6, 6.07) is 30.8. The molecule has 4 heterocycles. The van der Waals surface area contributed by atoms with Crippen LogP contribution in [-0.2, 0) is 21.0 Å². The fourth-order valence-electron chi connectivity index (χ4n) is 8.27. The van der Waals surface area contributed by atoms with E-state index < -0.39 is 39.6 Å². The van der Waals surface area contributed by atoms with Gasteiger partial charge < -0.3 is 65.1 Å². The molecule has 0 aliphatic carbocycles. The lowest BCUT2D eigenvalue weighted by Gasteiger charge is -2.20. The molecule has 11 rings (SSSR count). The van der Waals surface area contributed by atoms with Crippen LogP contribution in [0.5, 0.6) is 40.2 Å². The number of aldehydes is 2. The van der Waals surface area contributed by atoms with Gasteiger partial charge in [0.2, 0.25) is 11.5 Å². The van der Waals surface area contributed by atoms with Crippen LogP contribution in [0.15, 0.2) is 125 Å². The van der Waals surface area contributed by atoms with E-state index in [2.05, 4.69) is 20.0 Å². The number of para-hydroxylation sites is 1. The minimum atomic E-state index is -4.44. The maximum Gasteiger partial charge on any atom is 0.418 e. The maximum absolute atomic E-state index is 12.3. The summed E-state index contributed by atoms with van der Waals surface area (Å²) in [7, 11) is 3.07. The van der Waals surface area contributed by atoms with Crippen LogP contribution in [0.25, 0.3) is 21.1 Å². The number of carbonyl (C=O) groups excluding carboxylic acids is 5. The Kier molecular flexibility index (Phi) is 25.7. The van der Waals surface area contributed by atoms with Crippen LogP contribution in [0.3, 0.4) is 0 Å². The second kappa shape index (κ2) is 32.6. The van der Waals surface area contributed by atoms with E-state index in [0.29, 0.717) is 62.1 Å². The van der Waals surface area contributed by atoms with Crippen LogP contribution in [0.1, 0.15) is 65.2 Å². The number of alkyl halides is 3. The summed E-state index contributed by atoms with van der Waals surface area (Å²) < 4.78 is 82.8. The van der Waals surface area contributed by atoms with E-state index in [1.165, 1.54) is 41.0 Å². The van der Waals surface area contributed by atoms with Gasteiger partial charge in [0.25, 0.3) is 15.9 Å². The fourth-order valence-corrected chi connectivity index (χ4v) is 10.2. The van der Waals surface area contributed by atoms with Crippen molar-refractivity contribution in [1.29, 1.82) is 0 Å². The predicted molar refractivity (Wildman–Crippen MR) is 354 cm³/mol. The van der Waals surface area contributed by atoms with E-state index in [4.69, 9.17) is 36.3 Å². The summed E-state index contributed by atoms with van der Waals surface area (Å²) in [5.74, 6) is 1.58. The van der Waals surface area contributed by atoms with Crippen LogP contribution in [0.4, 0.5) is 39.8 Å². The molecule has 3 amide bonds. The number of H-pyrrole nitrogens is 2. The van der Waals surface area contributed by atoms with Crippen LogP contribution in [0, 0.1) is 48.5 Å². The number of nitrogens with two attached hydrogens (primary N) is 1.